The third kappa shape index (κ3) is 5.29. The van der Waals surface area contributed by atoms with Crippen LogP contribution >= 0.6 is 0 Å². The van der Waals surface area contributed by atoms with Crippen LogP contribution < -0.4 is 9.47 Å². The molecule has 0 fully saturated rings. The molecule has 21 heavy (non-hydrogen) atoms. The molecule has 0 atom stereocenters. The number of rotatable bonds is 9. The largest absolute Gasteiger partial charge is 0.490 e. The van der Waals surface area contributed by atoms with Gasteiger partial charge in [-0.3, -0.25) is 4.79 Å². The Morgan fingerprint density at radius 3 is 2.19 bits per heavy atom. The van der Waals surface area contributed by atoms with Crippen LogP contribution in [0.2, 0.25) is 0 Å². The molecule has 0 aromatic heterocycles. The van der Waals surface area contributed by atoms with Crippen molar-refractivity contribution in [2.75, 3.05) is 13.2 Å². The van der Waals surface area contributed by atoms with Crippen molar-refractivity contribution in [2.24, 2.45) is 0 Å². The zero-order chi connectivity index (χ0) is 15.9. The van der Waals surface area contributed by atoms with Gasteiger partial charge in [0.2, 0.25) is 0 Å². The SMILES string of the molecule is CCCOc1ccc(C(C)(C)CC(=O)O)cc1OCCC. The van der Waals surface area contributed by atoms with Gasteiger partial charge in [0.15, 0.2) is 11.5 Å². The first-order valence-electron chi connectivity index (χ1n) is 7.52. The van der Waals surface area contributed by atoms with E-state index in [1.54, 1.807) is 0 Å². The number of aliphatic carboxylic acids is 1. The molecular weight excluding hydrogens is 268 g/mol. The Morgan fingerprint density at radius 2 is 1.67 bits per heavy atom. The molecule has 0 bridgehead atoms. The lowest BCUT2D eigenvalue weighted by molar-refractivity contribution is -0.138. The van der Waals surface area contributed by atoms with Crippen LogP contribution in [0.5, 0.6) is 11.5 Å². The Hall–Kier alpha value is -1.71. The first kappa shape index (κ1) is 17.3. The molecule has 0 saturated carbocycles. The molecule has 1 rings (SSSR count). The molecule has 0 unspecified atom stereocenters. The lowest BCUT2D eigenvalue weighted by Gasteiger charge is -2.24. The molecule has 0 aliphatic rings. The quantitative estimate of drug-likeness (QED) is 0.747. The van der Waals surface area contributed by atoms with Gasteiger partial charge >= 0.3 is 5.97 Å². The van der Waals surface area contributed by atoms with Crippen LogP contribution in [0, 0.1) is 0 Å². The second-order valence-electron chi connectivity index (χ2n) is 5.81. The Labute approximate surface area is 127 Å². The fourth-order valence-electron chi connectivity index (χ4n) is 2.07. The van der Waals surface area contributed by atoms with Gasteiger partial charge in [-0.25, -0.2) is 0 Å². The Morgan fingerprint density at radius 1 is 1.10 bits per heavy atom. The second-order valence-corrected chi connectivity index (χ2v) is 5.81. The number of carbonyl (C=O) groups is 1. The summed E-state index contributed by atoms with van der Waals surface area (Å²) in [7, 11) is 0. The summed E-state index contributed by atoms with van der Waals surface area (Å²) >= 11 is 0. The number of hydrogen-bond acceptors (Lipinski definition) is 3. The summed E-state index contributed by atoms with van der Waals surface area (Å²) in [5.41, 5.74) is 0.499. The van der Waals surface area contributed by atoms with Crippen molar-refractivity contribution in [3.05, 3.63) is 23.8 Å². The minimum absolute atomic E-state index is 0.0788. The highest BCUT2D eigenvalue weighted by Crippen LogP contribution is 2.35. The van der Waals surface area contributed by atoms with Crippen LogP contribution in [0.25, 0.3) is 0 Å². The van der Waals surface area contributed by atoms with E-state index in [-0.39, 0.29) is 6.42 Å². The van der Waals surface area contributed by atoms with E-state index in [1.165, 1.54) is 0 Å². The molecule has 0 radical (unpaired) electrons. The van der Waals surface area contributed by atoms with Crippen molar-refractivity contribution in [2.45, 2.75) is 52.4 Å². The van der Waals surface area contributed by atoms with Gasteiger partial charge in [-0.15, -0.1) is 0 Å². The summed E-state index contributed by atoms with van der Waals surface area (Å²) in [5, 5.41) is 9.04. The number of hydrogen-bond donors (Lipinski definition) is 1. The summed E-state index contributed by atoms with van der Waals surface area (Å²) in [6, 6.07) is 5.70. The van der Waals surface area contributed by atoms with Crippen molar-refractivity contribution >= 4 is 5.97 Å². The minimum Gasteiger partial charge on any atom is -0.490 e. The van der Waals surface area contributed by atoms with E-state index in [9.17, 15) is 4.79 Å². The summed E-state index contributed by atoms with van der Waals surface area (Å²) in [6.45, 7) is 9.20. The highest BCUT2D eigenvalue weighted by Gasteiger charge is 2.25. The third-order valence-electron chi connectivity index (χ3n) is 3.24. The van der Waals surface area contributed by atoms with Crippen LogP contribution in [-0.4, -0.2) is 24.3 Å². The molecule has 0 saturated heterocycles. The van der Waals surface area contributed by atoms with Gasteiger partial charge in [0, 0.05) is 5.41 Å². The lowest BCUT2D eigenvalue weighted by atomic mass is 9.81. The molecule has 1 aromatic carbocycles. The smallest absolute Gasteiger partial charge is 0.304 e. The molecule has 4 heteroatoms. The maximum atomic E-state index is 11.0. The fourth-order valence-corrected chi connectivity index (χ4v) is 2.07. The van der Waals surface area contributed by atoms with Gasteiger partial charge in [0.25, 0.3) is 0 Å². The zero-order valence-electron chi connectivity index (χ0n) is 13.4. The van der Waals surface area contributed by atoms with Crippen molar-refractivity contribution in [1.82, 2.24) is 0 Å². The molecular formula is C17H26O4. The maximum absolute atomic E-state index is 11.0. The van der Waals surface area contributed by atoms with E-state index in [2.05, 4.69) is 6.92 Å². The van der Waals surface area contributed by atoms with E-state index in [0.29, 0.717) is 19.0 Å². The number of carboxylic acid groups (broad SMARTS) is 1. The maximum Gasteiger partial charge on any atom is 0.304 e. The standard InChI is InChI=1S/C17H26O4/c1-5-9-20-14-8-7-13(11-15(14)21-10-6-2)17(3,4)12-16(18)19/h7-8,11H,5-6,9-10,12H2,1-4H3,(H,18,19). The normalized spacial score (nSPS) is 11.2. The fraction of sp³-hybridized carbons (Fsp3) is 0.588. The van der Waals surface area contributed by atoms with Gasteiger partial charge in [-0.2, -0.15) is 0 Å². The summed E-state index contributed by atoms with van der Waals surface area (Å²) in [4.78, 5) is 11.0. The molecule has 0 spiro atoms. The molecule has 118 valence electrons. The third-order valence-corrected chi connectivity index (χ3v) is 3.24. The lowest BCUT2D eigenvalue weighted by Crippen LogP contribution is -2.21. The van der Waals surface area contributed by atoms with Crippen LogP contribution in [-0.2, 0) is 10.2 Å². The highest BCUT2D eigenvalue weighted by atomic mass is 16.5. The molecule has 0 aliphatic heterocycles. The summed E-state index contributed by atoms with van der Waals surface area (Å²) in [6.07, 6.45) is 1.92. The predicted octanol–water partition coefficient (Wildman–Crippen LogP) is 4.02. The Kier molecular flexibility index (Phi) is 6.53. The summed E-state index contributed by atoms with van der Waals surface area (Å²) < 4.78 is 11.4. The van der Waals surface area contributed by atoms with Crippen molar-refractivity contribution in [1.29, 1.82) is 0 Å². The number of ether oxygens (including phenoxy) is 2. The van der Waals surface area contributed by atoms with Crippen molar-refractivity contribution < 1.29 is 19.4 Å². The van der Waals surface area contributed by atoms with Crippen LogP contribution in [0.3, 0.4) is 0 Å². The van der Waals surface area contributed by atoms with Crippen LogP contribution in [0.1, 0.15) is 52.5 Å². The molecule has 1 N–H and O–H groups in total. The van der Waals surface area contributed by atoms with E-state index >= 15 is 0 Å². The van der Waals surface area contributed by atoms with E-state index < -0.39 is 11.4 Å². The first-order valence-corrected chi connectivity index (χ1v) is 7.52. The van der Waals surface area contributed by atoms with E-state index in [0.717, 1.165) is 24.2 Å². The Balaban J connectivity index is 3.04. The van der Waals surface area contributed by atoms with E-state index in [1.807, 2.05) is 39.0 Å². The van der Waals surface area contributed by atoms with Gasteiger partial charge in [0.1, 0.15) is 0 Å². The van der Waals surface area contributed by atoms with Gasteiger partial charge in [-0.05, 0) is 30.5 Å². The average molecular weight is 294 g/mol. The van der Waals surface area contributed by atoms with Gasteiger partial charge < -0.3 is 14.6 Å². The van der Waals surface area contributed by atoms with E-state index in [4.69, 9.17) is 14.6 Å². The second kappa shape index (κ2) is 7.91. The van der Waals surface area contributed by atoms with Crippen LogP contribution in [0.4, 0.5) is 0 Å². The van der Waals surface area contributed by atoms with Crippen molar-refractivity contribution in [3.8, 4) is 11.5 Å². The predicted molar refractivity (Wildman–Crippen MR) is 83.3 cm³/mol. The monoisotopic (exact) mass is 294 g/mol. The van der Waals surface area contributed by atoms with Crippen LogP contribution in [0.15, 0.2) is 18.2 Å². The van der Waals surface area contributed by atoms with Crippen molar-refractivity contribution in [3.63, 3.8) is 0 Å². The first-order chi connectivity index (χ1) is 9.90. The highest BCUT2D eigenvalue weighted by molar-refractivity contribution is 5.69. The molecule has 4 nitrogen and oxygen atoms in total. The molecule has 1 aromatic rings. The topological polar surface area (TPSA) is 55.8 Å². The summed E-state index contributed by atoms with van der Waals surface area (Å²) in [5.74, 6) is 0.615. The average Bonchev–Trinajstić information content (AvgIpc) is 2.41. The van der Waals surface area contributed by atoms with Gasteiger partial charge in [0.05, 0.1) is 19.6 Å². The Bertz CT molecular complexity index is 466. The molecule has 0 aliphatic carbocycles. The molecule has 0 heterocycles. The minimum atomic E-state index is -0.803. The zero-order valence-corrected chi connectivity index (χ0v) is 13.4. The van der Waals surface area contributed by atoms with Gasteiger partial charge in [-0.1, -0.05) is 33.8 Å². The molecule has 0 amide bonds. The number of benzene rings is 1. The number of carboxylic acids is 1.